The van der Waals surface area contributed by atoms with E-state index in [1.165, 1.54) is 23.3 Å². The Hall–Kier alpha value is -3.96. The number of esters is 1. The molecule has 0 amide bonds. The number of aromatic nitrogens is 1. The number of nitro groups is 1. The van der Waals surface area contributed by atoms with E-state index in [9.17, 15) is 14.9 Å². The van der Waals surface area contributed by atoms with Gasteiger partial charge in [-0.15, -0.1) is 0 Å². The molecule has 2 aliphatic rings. The molecular weight excluding hydrogens is 530 g/mol. The molecule has 210 valence electrons. The third-order valence-corrected chi connectivity index (χ3v) is 8.29. The fraction of sp³-hybridized carbons (Fsp3) is 0.379. The van der Waals surface area contributed by atoms with Crippen molar-refractivity contribution < 1.29 is 19.2 Å². The van der Waals surface area contributed by atoms with Crippen LogP contribution in [0.15, 0.2) is 59.8 Å². The van der Waals surface area contributed by atoms with Gasteiger partial charge in [0.05, 0.1) is 29.9 Å². The Kier molecular flexibility index (Phi) is 8.32. The summed E-state index contributed by atoms with van der Waals surface area (Å²) in [6, 6.07) is 14.7. The number of hydrogen-bond acceptors (Lipinski definition) is 10. The minimum absolute atomic E-state index is 0.0158. The fourth-order valence-electron chi connectivity index (χ4n) is 5.41. The van der Waals surface area contributed by atoms with Gasteiger partial charge in [-0.25, -0.2) is 4.79 Å². The molecule has 3 heterocycles. The number of carbonyl (C=O) groups excluding carboxylic acids is 1. The van der Waals surface area contributed by atoms with Crippen molar-refractivity contribution in [2.75, 3.05) is 56.7 Å². The van der Waals surface area contributed by atoms with Gasteiger partial charge in [-0.3, -0.25) is 15.0 Å². The summed E-state index contributed by atoms with van der Waals surface area (Å²) in [5.41, 5.74) is 4.78. The van der Waals surface area contributed by atoms with Crippen LogP contribution in [-0.4, -0.2) is 66.6 Å². The Morgan fingerprint density at radius 2 is 1.93 bits per heavy atom. The molecule has 0 aliphatic carbocycles. The number of methoxy groups -OCH3 is 1. The molecular formula is C29H33N5O5S. The van der Waals surface area contributed by atoms with Crippen LogP contribution in [0.25, 0.3) is 0 Å². The molecule has 1 aromatic heterocycles. The molecule has 0 radical (unpaired) electrons. The molecule has 1 fully saturated rings. The smallest absolute Gasteiger partial charge is 0.336 e. The number of hydrogen-bond donors (Lipinski definition) is 1. The number of carbonyl (C=O) groups is 1. The van der Waals surface area contributed by atoms with Crippen molar-refractivity contribution in [2.45, 2.75) is 26.2 Å². The van der Waals surface area contributed by atoms with Crippen LogP contribution in [0.1, 0.15) is 36.6 Å². The number of nitrogens with zero attached hydrogens (tertiary/aromatic N) is 4. The van der Waals surface area contributed by atoms with Crippen molar-refractivity contribution in [3.63, 3.8) is 0 Å². The van der Waals surface area contributed by atoms with Gasteiger partial charge in [-0.05, 0) is 55.2 Å². The minimum Gasteiger partial charge on any atom is -0.497 e. The summed E-state index contributed by atoms with van der Waals surface area (Å²) in [5, 5.41) is 15.8. The molecule has 1 N–H and O–H groups in total. The van der Waals surface area contributed by atoms with Crippen LogP contribution in [0.3, 0.4) is 0 Å². The molecule has 2 aromatic carbocycles. The molecule has 11 heteroatoms. The van der Waals surface area contributed by atoms with E-state index < -0.39 is 16.8 Å². The average molecular weight is 564 g/mol. The van der Waals surface area contributed by atoms with Gasteiger partial charge in [-0.2, -0.15) is 4.37 Å². The third kappa shape index (κ3) is 5.66. The first kappa shape index (κ1) is 27.6. The molecule has 5 rings (SSSR count). The summed E-state index contributed by atoms with van der Waals surface area (Å²) in [6.07, 6.45) is 0.705. The largest absolute Gasteiger partial charge is 0.497 e. The maximum Gasteiger partial charge on any atom is 0.336 e. The molecule has 10 nitrogen and oxygen atoms in total. The predicted molar refractivity (Wildman–Crippen MR) is 155 cm³/mol. The van der Waals surface area contributed by atoms with Crippen LogP contribution in [0.2, 0.25) is 0 Å². The van der Waals surface area contributed by atoms with Crippen LogP contribution in [0, 0.1) is 10.1 Å². The number of benzene rings is 2. The van der Waals surface area contributed by atoms with Crippen LogP contribution < -0.4 is 15.0 Å². The van der Waals surface area contributed by atoms with E-state index in [1.54, 1.807) is 26.2 Å². The number of piperazine rings is 1. The lowest BCUT2D eigenvalue weighted by molar-refractivity contribution is -0.384. The van der Waals surface area contributed by atoms with E-state index in [0.29, 0.717) is 23.3 Å². The van der Waals surface area contributed by atoms with Gasteiger partial charge in [0.25, 0.3) is 5.69 Å². The highest BCUT2D eigenvalue weighted by Crippen LogP contribution is 2.46. The van der Waals surface area contributed by atoms with Crippen LogP contribution in [-0.2, 0) is 16.0 Å². The predicted octanol–water partition coefficient (Wildman–Crippen LogP) is 4.82. The molecule has 1 saturated heterocycles. The lowest BCUT2D eigenvalue weighted by Gasteiger charge is -2.36. The van der Waals surface area contributed by atoms with E-state index in [0.717, 1.165) is 54.7 Å². The minimum atomic E-state index is -0.504. The SMILES string of the molecule is CCOC(=O)C1=C(C)Nc2snc(CCN3CCN(c4ccc(OC)cc4)CC3)c2C1c1cccc([N+](=O)[O-])c1. The number of non-ortho nitro benzene ring substituents is 1. The summed E-state index contributed by atoms with van der Waals surface area (Å²) >= 11 is 1.36. The molecule has 40 heavy (non-hydrogen) atoms. The van der Waals surface area contributed by atoms with E-state index in [-0.39, 0.29) is 12.3 Å². The molecule has 0 spiro atoms. The summed E-state index contributed by atoms with van der Waals surface area (Å²) < 4.78 is 15.5. The van der Waals surface area contributed by atoms with Gasteiger partial charge in [0.1, 0.15) is 10.8 Å². The first-order chi connectivity index (χ1) is 19.4. The molecule has 2 aliphatic heterocycles. The number of nitrogens with one attached hydrogen (secondary N) is 1. The van der Waals surface area contributed by atoms with E-state index >= 15 is 0 Å². The summed E-state index contributed by atoms with van der Waals surface area (Å²) in [7, 11) is 1.67. The van der Waals surface area contributed by atoms with E-state index in [4.69, 9.17) is 13.8 Å². The second-order valence-corrected chi connectivity index (χ2v) is 10.6. The molecule has 0 bridgehead atoms. The highest BCUT2D eigenvalue weighted by Gasteiger charge is 2.37. The monoisotopic (exact) mass is 563 g/mol. The molecule has 1 unspecified atom stereocenters. The summed E-state index contributed by atoms with van der Waals surface area (Å²) in [6.45, 7) is 8.37. The summed E-state index contributed by atoms with van der Waals surface area (Å²) in [4.78, 5) is 29.1. The standard InChI is InChI=1S/C29H33N5O5S/c1-4-39-29(35)25-19(2)30-28-27(26(25)20-6-5-7-22(18-20)34(36)37)24(31-40-28)12-13-32-14-16-33(17-15-32)21-8-10-23(38-3)11-9-21/h5-11,18,26,30H,4,12-17H2,1-3H3. The zero-order valence-electron chi connectivity index (χ0n) is 22.9. The van der Waals surface area contributed by atoms with Crippen LogP contribution in [0.5, 0.6) is 5.75 Å². The van der Waals surface area contributed by atoms with Crippen molar-refractivity contribution in [1.82, 2.24) is 9.27 Å². The number of nitro benzene ring substituents is 1. The van der Waals surface area contributed by atoms with Crippen molar-refractivity contribution in [1.29, 1.82) is 0 Å². The number of rotatable bonds is 9. The fourth-order valence-corrected chi connectivity index (χ4v) is 6.34. The number of anilines is 2. The molecule has 0 saturated carbocycles. The zero-order valence-corrected chi connectivity index (χ0v) is 23.7. The maximum atomic E-state index is 13.2. The van der Waals surface area contributed by atoms with Gasteiger partial charge in [-0.1, -0.05) is 12.1 Å². The zero-order chi connectivity index (χ0) is 28.2. The molecule has 1 atom stereocenters. The van der Waals surface area contributed by atoms with Crippen LogP contribution >= 0.6 is 11.5 Å². The first-order valence-electron chi connectivity index (χ1n) is 13.4. The maximum absolute atomic E-state index is 13.2. The quantitative estimate of drug-likeness (QED) is 0.223. The Bertz CT molecular complexity index is 1410. The highest BCUT2D eigenvalue weighted by atomic mass is 32.1. The number of allylic oxidation sites excluding steroid dienone is 1. The first-order valence-corrected chi connectivity index (χ1v) is 14.2. The molecule has 3 aromatic rings. The topological polar surface area (TPSA) is 110 Å². The third-order valence-electron chi connectivity index (χ3n) is 7.47. The van der Waals surface area contributed by atoms with Gasteiger partial charge < -0.3 is 19.7 Å². The van der Waals surface area contributed by atoms with E-state index in [2.05, 4.69) is 27.2 Å². The van der Waals surface area contributed by atoms with Crippen molar-refractivity contribution in [3.05, 3.63) is 86.7 Å². The lowest BCUT2D eigenvalue weighted by Crippen LogP contribution is -2.47. The lowest BCUT2D eigenvalue weighted by atomic mass is 9.81. The summed E-state index contributed by atoms with van der Waals surface area (Å²) in [5.74, 6) is -0.0830. The second kappa shape index (κ2) is 12.1. The Balaban J connectivity index is 1.35. The Labute approximate surface area is 237 Å². The van der Waals surface area contributed by atoms with Crippen molar-refractivity contribution in [2.24, 2.45) is 0 Å². The number of fused-ring (bicyclic) bond motifs is 1. The van der Waals surface area contributed by atoms with Crippen LogP contribution in [0.4, 0.5) is 16.4 Å². The second-order valence-electron chi connectivity index (χ2n) is 9.82. The average Bonchev–Trinajstić information content (AvgIpc) is 3.38. The number of ether oxygens (including phenoxy) is 2. The van der Waals surface area contributed by atoms with Gasteiger partial charge in [0, 0.05) is 74.1 Å². The normalized spacial score (nSPS) is 17.3. The van der Waals surface area contributed by atoms with Gasteiger partial charge >= 0.3 is 5.97 Å². The van der Waals surface area contributed by atoms with Gasteiger partial charge in [0.15, 0.2) is 0 Å². The Morgan fingerprint density at radius 3 is 2.60 bits per heavy atom. The Morgan fingerprint density at radius 1 is 1.18 bits per heavy atom. The highest BCUT2D eigenvalue weighted by molar-refractivity contribution is 7.10. The van der Waals surface area contributed by atoms with Crippen molar-refractivity contribution >= 4 is 33.9 Å². The van der Waals surface area contributed by atoms with E-state index in [1.807, 2.05) is 25.1 Å². The van der Waals surface area contributed by atoms with Crippen molar-refractivity contribution in [3.8, 4) is 5.75 Å². The van der Waals surface area contributed by atoms with Gasteiger partial charge in [0.2, 0.25) is 0 Å².